The minimum Gasteiger partial charge on any atom is -0.324 e. The van der Waals surface area contributed by atoms with E-state index in [2.05, 4.69) is 66.2 Å². The number of aryl methyl sites for hydroxylation is 2. The first-order valence-electron chi connectivity index (χ1n) is 7.25. The van der Waals surface area contributed by atoms with Gasteiger partial charge in [-0.2, -0.15) is 0 Å². The zero-order valence-corrected chi connectivity index (χ0v) is 13.8. The molecule has 0 spiro atoms. The highest BCUT2D eigenvalue weighted by molar-refractivity contribution is 9.10. The van der Waals surface area contributed by atoms with Gasteiger partial charge in [0.1, 0.15) is 0 Å². The van der Waals surface area contributed by atoms with Crippen LogP contribution in [0.5, 0.6) is 0 Å². The van der Waals surface area contributed by atoms with Gasteiger partial charge in [0.15, 0.2) is 0 Å². The van der Waals surface area contributed by atoms with Crippen LogP contribution in [0.15, 0.2) is 46.9 Å². The summed E-state index contributed by atoms with van der Waals surface area (Å²) >= 11 is 3.51. The predicted octanol–water partition coefficient (Wildman–Crippen LogP) is 4.82. The van der Waals surface area contributed by atoms with E-state index in [9.17, 15) is 0 Å². The Morgan fingerprint density at radius 1 is 1.00 bits per heavy atom. The van der Waals surface area contributed by atoms with Gasteiger partial charge in [-0.3, -0.25) is 0 Å². The van der Waals surface area contributed by atoms with E-state index in [1.165, 1.54) is 22.3 Å². The second kappa shape index (κ2) is 7.05. The topological polar surface area (TPSA) is 26.0 Å². The lowest BCUT2D eigenvalue weighted by atomic mass is 9.94. The molecule has 0 fully saturated rings. The molecule has 0 heterocycles. The number of nitrogens with two attached hydrogens (primary N) is 1. The van der Waals surface area contributed by atoms with E-state index in [4.69, 9.17) is 5.73 Å². The monoisotopic (exact) mass is 331 g/mol. The molecule has 0 aromatic heterocycles. The second-order valence-corrected chi connectivity index (χ2v) is 6.09. The average molecular weight is 332 g/mol. The zero-order valence-electron chi connectivity index (χ0n) is 12.2. The van der Waals surface area contributed by atoms with Gasteiger partial charge in [-0.1, -0.05) is 60.1 Å². The molecule has 0 aliphatic carbocycles. The maximum Gasteiger partial charge on any atom is 0.0335 e. The number of halogens is 1. The van der Waals surface area contributed by atoms with Crippen LogP contribution in [-0.2, 0) is 19.3 Å². The largest absolute Gasteiger partial charge is 0.324 e. The fraction of sp³-hybridized carbons (Fsp3) is 0.333. The third-order valence-corrected chi connectivity index (χ3v) is 4.26. The summed E-state index contributed by atoms with van der Waals surface area (Å²) in [5, 5.41) is 0. The summed E-state index contributed by atoms with van der Waals surface area (Å²) in [5.74, 6) is 0. The molecule has 0 amide bonds. The molecule has 0 saturated heterocycles. The third kappa shape index (κ3) is 3.71. The summed E-state index contributed by atoms with van der Waals surface area (Å²) in [6.45, 7) is 4.41. The summed E-state index contributed by atoms with van der Waals surface area (Å²) in [5.41, 5.74) is 11.7. The molecule has 0 aliphatic rings. The zero-order chi connectivity index (χ0) is 14.5. The molecule has 0 radical (unpaired) electrons. The van der Waals surface area contributed by atoms with Gasteiger partial charge in [0.25, 0.3) is 0 Å². The Morgan fingerprint density at radius 3 is 2.40 bits per heavy atom. The highest BCUT2D eigenvalue weighted by Crippen LogP contribution is 2.22. The molecule has 20 heavy (non-hydrogen) atoms. The Labute approximate surface area is 130 Å². The van der Waals surface area contributed by atoms with Gasteiger partial charge in [0, 0.05) is 10.5 Å². The Hall–Kier alpha value is -1.12. The van der Waals surface area contributed by atoms with Crippen molar-refractivity contribution < 1.29 is 0 Å². The first kappa shape index (κ1) is 15.3. The molecule has 0 saturated carbocycles. The van der Waals surface area contributed by atoms with E-state index in [-0.39, 0.29) is 6.04 Å². The molecule has 2 heteroatoms. The Kier molecular flexibility index (Phi) is 5.38. The van der Waals surface area contributed by atoms with Crippen LogP contribution in [-0.4, -0.2) is 0 Å². The summed E-state index contributed by atoms with van der Waals surface area (Å²) < 4.78 is 1.11. The predicted molar refractivity (Wildman–Crippen MR) is 90.0 cm³/mol. The lowest BCUT2D eigenvalue weighted by molar-refractivity contribution is 0.719. The minimum atomic E-state index is 0.0560. The number of benzene rings is 2. The Balaban J connectivity index is 2.18. The van der Waals surface area contributed by atoms with Crippen LogP contribution in [0.2, 0.25) is 0 Å². The van der Waals surface area contributed by atoms with Gasteiger partial charge >= 0.3 is 0 Å². The Bertz CT molecular complexity index is 577. The minimum absolute atomic E-state index is 0.0560. The third-order valence-electron chi connectivity index (χ3n) is 3.76. The highest BCUT2D eigenvalue weighted by atomic mass is 79.9. The molecule has 2 rings (SSSR count). The molecule has 1 nitrogen and oxygen atoms in total. The SMILES string of the molecule is CCc1ccc(C(N)Cc2cccc(Br)c2)cc1CC. The van der Waals surface area contributed by atoms with Crippen molar-refractivity contribution in [2.24, 2.45) is 5.73 Å². The summed E-state index contributed by atoms with van der Waals surface area (Å²) in [6.07, 6.45) is 3.03. The van der Waals surface area contributed by atoms with Crippen molar-refractivity contribution in [3.8, 4) is 0 Å². The van der Waals surface area contributed by atoms with E-state index in [0.29, 0.717) is 0 Å². The van der Waals surface area contributed by atoms with Crippen molar-refractivity contribution in [1.82, 2.24) is 0 Å². The van der Waals surface area contributed by atoms with Gasteiger partial charge in [-0.05, 0) is 53.6 Å². The lowest BCUT2D eigenvalue weighted by Gasteiger charge is -2.15. The first-order valence-corrected chi connectivity index (χ1v) is 8.05. The highest BCUT2D eigenvalue weighted by Gasteiger charge is 2.09. The molecular weight excluding hydrogens is 310 g/mol. The second-order valence-electron chi connectivity index (χ2n) is 5.18. The van der Waals surface area contributed by atoms with Gasteiger partial charge in [-0.25, -0.2) is 0 Å². The maximum atomic E-state index is 6.38. The number of hydrogen-bond donors (Lipinski definition) is 1. The normalized spacial score (nSPS) is 12.4. The van der Waals surface area contributed by atoms with Gasteiger partial charge in [0.2, 0.25) is 0 Å². The molecule has 1 atom stereocenters. The van der Waals surface area contributed by atoms with Gasteiger partial charge in [0.05, 0.1) is 0 Å². The van der Waals surface area contributed by atoms with Crippen molar-refractivity contribution in [2.45, 2.75) is 39.2 Å². The van der Waals surface area contributed by atoms with E-state index in [1.807, 2.05) is 6.07 Å². The summed E-state index contributed by atoms with van der Waals surface area (Å²) in [6, 6.07) is 15.1. The van der Waals surface area contributed by atoms with Gasteiger partial charge in [-0.15, -0.1) is 0 Å². The van der Waals surface area contributed by atoms with E-state index in [0.717, 1.165) is 23.7 Å². The molecule has 2 aromatic rings. The van der Waals surface area contributed by atoms with Crippen LogP contribution in [0.25, 0.3) is 0 Å². The van der Waals surface area contributed by atoms with Crippen LogP contribution in [0.3, 0.4) is 0 Å². The molecule has 106 valence electrons. The first-order chi connectivity index (χ1) is 9.63. The smallest absolute Gasteiger partial charge is 0.0335 e. The summed E-state index contributed by atoms with van der Waals surface area (Å²) in [4.78, 5) is 0. The average Bonchev–Trinajstić information content (AvgIpc) is 2.46. The molecule has 0 bridgehead atoms. The molecule has 2 N–H and O–H groups in total. The number of rotatable bonds is 5. The van der Waals surface area contributed by atoms with Crippen molar-refractivity contribution in [3.63, 3.8) is 0 Å². The Morgan fingerprint density at radius 2 is 1.75 bits per heavy atom. The van der Waals surface area contributed by atoms with Crippen LogP contribution < -0.4 is 5.73 Å². The fourth-order valence-corrected chi connectivity index (χ4v) is 3.03. The van der Waals surface area contributed by atoms with Crippen LogP contribution in [0, 0.1) is 0 Å². The van der Waals surface area contributed by atoms with Crippen molar-refractivity contribution >= 4 is 15.9 Å². The van der Waals surface area contributed by atoms with Crippen LogP contribution in [0.1, 0.15) is 42.1 Å². The van der Waals surface area contributed by atoms with Crippen LogP contribution in [0.4, 0.5) is 0 Å². The van der Waals surface area contributed by atoms with Gasteiger partial charge < -0.3 is 5.73 Å². The van der Waals surface area contributed by atoms with Crippen molar-refractivity contribution in [2.75, 3.05) is 0 Å². The molecule has 1 unspecified atom stereocenters. The lowest BCUT2D eigenvalue weighted by Crippen LogP contribution is -2.14. The quantitative estimate of drug-likeness (QED) is 0.835. The molecule has 2 aromatic carbocycles. The fourth-order valence-electron chi connectivity index (χ4n) is 2.59. The standard InChI is InChI=1S/C18H22BrN/c1-3-14-8-9-16(12-15(14)4-2)18(20)11-13-6-5-7-17(19)10-13/h5-10,12,18H,3-4,11,20H2,1-2H3. The van der Waals surface area contributed by atoms with E-state index in [1.54, 1.807) is 0 Å². The van der Waals surface area contributed by atoms with E-state index < -0.39 is 0 Å². The van der Waals surface area contributed by atoms with Crippen molar-refractivity contribution in [1.29, 1.82) is 0 Å². The van der Waals surface area contributed by atoms with E-state index >= 15 is 0 Å². The maximum absolute atomic E-state index is 6.38. The number of hydrogen-bond acceptors (Lipinski definition) is 1. The molecule has 0 aliphatic heterocycles. The van der Waals surface area contributed by atoms with Crippen LogP contribution >= 0.6 is 15.9 Å². The molecular formula is C18H22BrN. The van der Waals surface area contributed by atoms with Crippen molar-refractivity contribution in [3.05, 3.63) is 69.2 Å². The summed E-state index contributed by atoms with van der Waals surface area (Å²) in [7, 11) is 0.